The molecule has 1 heterocycles. The maximum Gasteiger partial charge on any atom is 0.266 e. The molecular formula is C26H21Br2FN2O3S. The molecule has 0 aromatic heterocycles. The predicted octanol–water partition coefficient (Wildman–Crippen LogP) is 7.56. The Morgan fingerprint density at radius 1 is 1.09 bits per heavy atom. The third-order valence-electron chi connectivity index (χ3n) is 5.15. The molecule has 180 valence electrons. The third-order valence-corrected chi connectivity index (χ3v) is 7.33. The van der Waals surface area contributed by atoms with Crippen molar-refractivity contribution < 1.29 is 18.7 Å². The number of ether oxygens (including phenoxy) is 2. The molecule has 0 N–H and O–H groups in total. The Balaban J connectivity index is 1.55. The van der Waals surface area contributed by atoms with Crippen LogP contribution < -0.4 is 9.47 Å². The Labute approximate surface area is 224 Å². The van der Waals surface area contributed by atoms with E-state index in [9.17, 15) is 9.18 Å². The minimum Gasteiger partial charge on any atom is -0.497 e. The first-order valence-electron chi connectivity index (χ1n) is 10.7. The van der Waals surface area contributed by atoms with Crippen LogP contribution in [0.1, 0.15) is 18.1 Å². The van der Waals surface area contributed by atoms with E-state index >= 15 is 0 Å². The van der Waals surface area contributed by atoms with Crippen molar-refractivity contribution in [2.45, 2.75) is 13.5 Å². The smallest absolute Gasteiger partial charge is 0.266 e. The third kappa shape index (κ3) is 5.97. The first-order valence-corrected chi connectivity index (χ1v) is 13.1. The normalized spacial score (nSPS) is 15.8. The summed E-state index contributed by atoms with van der Waals surface area (Å²) in [4.78, 5) is 19.9. The number of hydrogen-bond donors (Lipinski definition) is 0. The summed E-state index contributed by atoms with van der Waals surface area (Å²) in [6.07, 6.45) is 1.82. The molecule has 0 aliphatic carbocycles. The largest absolute Gasteiger partial charge is 0.497 e. The van der Waals surface area contributed by atoms with Gasteiger partial charge in [0.15, 0.2) is 5.17 Å². The summed E-state index contributed by atoms with van der Waals surface area (Å²) < 4.78 is 26.3. The first kappa shape index (κ1) is 25.5. The monoisotopic (exact) mass is 618 g/mol. The lowest BCUT2D eigenvalue weighted by atomic mass is 10.2. The SMILES string of the molecule is CCN1C(=O)/C(=C\c2cc(Br)c(OCc3ccccc3F)c(Br)c2)SC1=Nc1ccc(OC)cc1. The van der Waals surface area contributed by atoms with Crippen LogP contribution in [0.5, 0.6) is 11.5 Å². The number of methoxy groups -OCH3 is 1. The first-order chi connectivity index (χ1) is 16.9. The van der Waals surface area contributed by atoms with Gasteiger partial charge in [-0.3, -0.25) is 9.69 Å². The molecule has 1 aliphatic heterocycles. The summed E-state index contributed by atoms with van der Waals surface area (Å²) in [6, 6.07) is 17.6. The predicted molar refractivity (Wildman–Crippen MR) is 146 cm³/mol. The number of aliphatic imine (C=N–C) groups is 1. The van der Waals surface area contributed by atoms with Crippen LogP contribution >= 0.6 is 43.6 Å². The van der Waals surface area contributed by atoms with Crippen molar-refractivity contribution in [1.29, 1.82) is 0 Å². The van der Waals surface area contributed by atoms with E-state index in [1.807, 2.05) is 49.4 Å². The number of amides is 1. The minimum absolute atomic E-state index is 0.0926. The van der Waals surface area contributed by atoms with Crippen molar-refractivity contribution in [2.75, 3.05) is 13.7 Å². The molecular weight excluding hydrogens is 599 g/mol. The molecule has 0 saturated carbocycles. The van der Waals surface area contributed by atoms with Gasteiger partial charge in [0.1, 0.15) is 23.9 Å². The Morgan fingerprint density at radius 3 is 2.40 bits per heavy atom. The lowest BCUT2D eigenvalue weighted by Crippen LogP contribution is -2.28. The number of thioether (sulfide) groups is 1. The Hall–Kier alpha value is -2.62. The Kier molecular flexibility index (Phi) is 8.30. The molecule has 1 aliphatic rings. The molecule has 1 fully saturated rings. The van der Waals surface area contributed by atoms with Crippen LogP contribution in [-0.4, -0.2) is 29.6 Å². The highest BCUT2D eigenvalue weighted by Crippen LogP contribution is 2.38. The van der Waals surface area contributed by atoms with Gasteiger partial charge in [0.05, 0.1) is 26.6 Å². The summed E-state index contributed by atoms with van der Waals surface area (Å²) in [6.45, 7) is 2.52. The van der Waals surface area contributed by atoms with Crippen molar-refractivity contribution in [3.63, 3.8) is 0 Å². The summed E-state index contributed by atoms with van der Waals surface area (Å²) in [5.41, 5.74) is 2.01. The van der Waals surface area contributed by atoms with Gasteiger partial charge >= 0.3 is 0 Å². The van der Waals surface area contributed by atoms with Crippen LogP contribution in [0, 0.1) is 5.82 Å². The van der Waals surface area contributed by atoms with Gasteiger partial charge in [0.2, 0.25) is 0 Å². The van der Waals surface area contributed by atoms with Gasteiger partial charge in [-0.25, -0.2) is 9.38 Å². The summed E-state index contributed by atoms with van der Waals surface area (Å²) in [5.74, 6) is 0.884. The zero-order valence-corrected chi connectivity index (χ0v) is 22.9. The van der Waals surface area contributed by atoms with E-state index in [0.717, 1.165) is 17.0 Å². The maximum atomic E-state index is 13.9. The van der Waals surface area contributed by atoms with Gasteiger partial charge in [-0.2, -0.15) is 0 Å². The second kappa shape index (κ2) is 11.4. The highest BCUT2D eigenvalue weighted by atomic mass is 79.9. The second-order valence-electron chi connectivity index (χ2n) is 7.45. The number of benzene rings is 3. The lowest BCUT2D eigenvalue weighted by molar-refractivity contribution is -0.122. The fraction of sp³-hybridized carbons (Fsp3) is 0.154. The van der Waals surface area contributed by atoms with E-state index in [-0.39, 0.29) is 18.3 Å². The van der Waals surface area contributed by atoms with Crippen LogP contribution in [0.2, 0.25) is 0 Å². The number of carbonyl (C=O) groups excluding carboxylic acids is 1. The number of halogens is 3. The molecule has 0 bridgehead atoms. The number of nitrogens with zero attached hydrogens (tertiary/aromatic N) is 2. The molecule has 3 aromatic carbocycles. The van der Waals surface area contributed by atoms with Crippen LogP contribution in [0.15, 0.2) is 79.5 Å². The highest BCUT2D eigenvalue weighted by Gasteiger charge is 2.32. The minimum atomic E-state index is -0.314. The van der Waals surface area contributed by atoms with E-state index in [4.69, 9.17) is 9.47 Å². The Morgan fingerprint density at radius 2 is 1.77 bits per heavy atom. The zero-order chi connectivity index (χ0) is 24.9. The van der Waals surface area contributed by atoms with Gasteiger partial charge in [-0.15, -0.1) is 0 Å². The van der Waals surface area contributed by atoms with E-state index in [1.165, 1.54) is 17.8 Å². The fourth-order valence-corrected chi connectivity index (χ4v) is 5.87. The van der Waals surface area contributed by atoms with Gasteiger partial charge in [0, 0.05) is 12.1 Å². The molecule has 1 saturated heterocycles. The molecule has 0 spiro atoms. The molecule has 0 radical (unpaired) electrons. The quantitative estimate of drug-likeness (QED) is 0.256. The average molecular weight is 620 g/mol. The zero-order valence-electron chi connectivity index (χ0n) is 18.9. The number of hydrogen-bond acceptors (Lipinski definition) is 5. The van der Waals surface area contributed by atoms with Crippen LogP contribution in [0.3, 0.4) is 0 Å². The standard InChI is InChI=1S/C26H21Br2FN2O3S/c1-3-31-25(32)23(35-26(31)30-18-8-10-19(33-2)11-9-18)14-16-12-20(27)24(21(28)13-16)34-15-17-6-4-5-7-22(17)29/h4-14H,3,15H2,1-2H3/b23-14+,30-26?. The summed E-state index contributed by atoms with van der Waals surface area (Å²) in [7, 11) is 1.61. The van der Waals surface area contributed by atoms with E-state index < -0.39 is 0 Å². The van der Waals surface area contributed by atoms with Crippen molar-refractivity contribution in [3.05, 3.63) is 91.5 Å². The van der Waals surface area contributed by atoms with Gasteiger partial charge in [0.25, 0.3) is 5.91 Å². The Bertz CT molecular complexity index is 1290. The topological polar surface area (TPSA) is 51.1 Å². The van der Waals surface area contributed by atoms with Crippen molar-refractivity contribution >= 4 is 66.5 Å². The maximum absolute atomic E-state index is 13.9. The summed E-state index contributed by atoms with van der Waals surface area (Å²) in [5, 5.41) is 0.622. The molecule has 0 atom stereocenters. The van der Waals surface area contributed by atoms with Gasteiger partial charge in [-0.1, -0.05) is 18.2 Å². The van der Waals surface area contributed by atoms with Crippen molar-refractivity contribution in [2.24, 2.45) is 4.99 Å². The second-order valence-corrected chi connectivity index (χ2v) is 10.2. The molecule has 1 amide bonds. The molecule has 35 heavy (non-hydrogen) atoms. The molecule has 4 rings (SSSR count). The molecule has 9 heteroatoms. The number of carbonyl (C=O) groups is 1. The van der Waals surface area contributed by atoms with E-state index in [0.29, 0.717) is 36.9 Å². The average Bonchev–Trinajstić information content (AvgIpc) is 3.13. The van der Waals surface area contributed by atoms with Gasteiger partial charge < -0.3 is 9.47 Å². The van der Waals surface area contributed by atoms with E-state index in [1.54, 1.807) is 30.2 Å². The van der Waals surface area contributed by atoms with E-state index in [2.05, 4.69) is 36.9 Å². The molecule has 0 unspecified atom stereocenters. The van der Waals surface area contributed by atoms with Gasteiger partial charge in [-0.05, 0) is 105 Å². The molecule has 5 nitrogen and oxygen atoms in total. The molecule has 3 aromatic rings. The number of likely N-dealkylation sites (N-methyl/N-ethyl adjacent to an activating group) is 1. The van der Waals surface area contributed by atoms with Crippen LogP contribution in [0.25, 0.3) is 6.08 Å². The number of amidine groups is 1. The number of rotatable bonds is 7. The van der Waals surface area contributed by atoms with Crippen molar-refractivity contribution in [1.82, 2.24) is 4.90 Å². The van der Waals surface area contributed by atoms with Crippen LogP contribution in [-0.2, 0) is 11.4 Å². The highest BCUT2D eigenvalue weighted by molar-refractivity contribution is 9.11. The lowest BCUT2D eigenvalue weighted by Gasteiger charge is -2.12. The van der Waals surface area contributed by atoms with Crippen LogP contribution in [0.4, 0.5) is 10.1 Å². The fourth-order valence-electron chi connectivity index (χ4n) is 3.35. The summed E-state index contributed by atoms with van der Waals surface area (Å²) >= 11 is 8.40. The van der Waals surface area contributed by atoms with Crippen molar-refractivity contribution in [3.8, 4) is 11.5 Å².